The molecule has 1 amide bonds. The minimum atomic E-state index is -0.595. The van der Waals surface area contributed by atoms with Crippen molar-refractivity contribution in [3.63, 3.8) is 0 Å². The summed E-state index contributed by atoms with van der Waals surface area (Å²) in [5.74, 6) is -0.255. The van der Waals surface area contributed by atoms with Crippen LogP contribution in [0.2, 0.25) is 0 Å². The minimum Gasteiger partial charge on any atom is -0.464 e. The summed E-state index contributed by atoms with van der Waals surface area (Å²) in [7, 11) is 0. The first-order valence-corrected chi connectivity index (χ1v) is 12.0. The Hall–Kier alpha value is -1.84. The molecule has 1 aromatic rings. The average Bonchev–Trinajstić information content (AvgIpc) is 2.71. The maximum atomic E-state index is 12.5. The van der Waals surface area contributed by atoms with Crippen LogP contribution in [0.1, 0.15) is 107 Å². The second-order valence-corrected chi connectivity index (χ2v) is 8.87. The molecule has 1 aromatic carbocycles. The van der Waals surface area contributed by atoms with Crippen LogP contribution in [0.25, 0.3) is 0 Å². The van der Waals surface area contributed by atoms with Crippen molar-refractivity contribution in [1.29, 1.82) is 0 Å². The van der Waals surface area contributed by atoms with Gasteiger partial charge in [0.05, 0.1) is 6.61 Å². The zero-order chi connectivity index (χ0) is 22.2. The Kier molecular flexibility index (Phi) is 13.9. The van der Waals surface area contributed by atoms with E-state index in [-0.39, 0.29) is 17.8 Å². The molecule has 1 rings (SSSR count). The summed E-state index contributed by atoms with van der Waals surface area (Å²) >= 11 is 0. The Bertz CT molecular complexity index is 595. The number of nitrogens with one attached hydrogen (secondary N) is 1. The number of hydrogen-bond acceptors (Lipinski definition) is 3. The molecule has 0 aliphatic carbocycles. The molecule has 0 fully saturated rings. The number of carbonyl (C=O) groups excluding carboxylic acids is 2. The molecule has 0 heterocycles. The number of benzene rings is 1. The SMILES string of the molecule is CCCCCCCCCCCCOC(=O)C(CC(C)C)NC(=O)c1ccc(C)cc1. The molecule has 1 atom stereocenters. The highest BCUT2D eigenvalue weighted by atomic mass is 16.5. The predicted molar refractivity (Wildman–Crippen MR) is 125 cm³/mol. The van der Waals surface area contributed by atoms with E-state index in [2.05, 4.69) is 12.2 Å². The maximum absolute atomic E-state index is 12.5. The fourth-order valence-electron chi connectivity index (χ4n) is 3.49. The first kappa shape index (κ1) is 26.2. The summed E-state index contributed by atoms with van der Waals surface area (Å²) in [4.78, 5) is 25.0. The average molecular weight is 418 g/mol. The van der Waals surface area contributed by atoms with Gasteiger partial charge in [-0.15, -0.1) is 0 Å². The van der Waals surface area contributed by atoms with E-state index in [0.29, 0.717) is 18.6 Å². The summed E-state index contributed by atoms with van der Waals surface area (Å²) in [6.07, 6.45) is 13.1. The minimum absolute atomic E-state index is 0.225. The summed E-state index contributed by atoms with van der Waals surface area (Å²) < 4.78 is 5.48. The molecular formula is C26H43NO3. The van der Waals surface area contributed by atoms with Gasteiger partial charge < -0.3 is 10.1 Å². The molecule has 30 heavy (non-hydrogen) atoms. The molecule has 1 N–H and O–H groups in total. The molecule has 0 aliphatic rings. The van der Waals surface area contributed by atoms with Gasteiger partial charge in [-0.25, -0.2) is 4.79 Å². The van der Waals surface area contributed by atoms with Gasteiger partial charge in [-0.3, -0.25) is 4.79 Å². The Balaban J connectivity index is 2.27. The predicted octanol–water partition coefficient (Wildman–Crippen LogP) is 6.60. The first-order chi connectivity index (χ1) is 14.4. The lowest BCUT2D eigenvalue weighted by molar-refractivity contribution is -0.146. The number of aryl methyl sites for hydroxylation is 1. The highest BCUT2D eigenvalue weighted by Crippen LogP contribution is 2.12. The van der Waals surface area contributed by atoms with E-state index in [4.69, 9.17) is 4.74 Å². The zero-order valence-electron chi connectivity index (χ0n) is 19.7. The van der Waals surface area contributed by atoms with Crippen molar-refractivity contribution in [1.82, 2.24) is 5.32 Å². The molecule has 0 saturated carbocycles. The maximum Gasteiger partial charge on any atom is 0.328 e. The molecular weight excluding hydrogens is 374 g/mol. The van der Waals surface area contributed by atoms with Crippen LogP contribution in [-0.4, -0.2) is 24.5 Å². The fourth-order valence-corrected chi connectivity index (χ4v) is 3.49. The van der Waals surface area contributed by atoms with Gasteiger partial charge in [0.1, 0.15) is 6.04 Å². The molecule has 0 aromatic heterocycles. The van der Waals surface area contributed by atoms with Gasteiger partial charge >= 0.3 is 5.97 Å². The van der Waals surface area contributed by atoms with E-state index in [0.717, 1.165) is 18.4 Å². The summed E-state index contributed by atoms with van der Waals surface area (Å²) in [6, 6.07) is 6.77. The molecule has 0 spiro atoms. The van der Waals surface area contributed by atoms with E-state index in [9.17, 15) is 9.59 Å². The number of esters is 1. The van der Waals surface area contributed by atoms with E-state index in [1.807, 2.05) is 32.9 Å². The van der Waals surface area contributed by atoms with Crippen molar-refractivity contribution in [3.8, 4) is 0 Å². The number of hydrogen-bond donors (Lipinski definition) is 1. The number of rotatable bonds is 16. The summed E-state index contributed by atoms with van der Waals surface area (Å²) in [6.45, 7) is 8.75. The molecule has 0 radical (unpaired) electrons. The molecule has 4 nitrogen and oxygen atoms in total. The van der Waals surface area contributed by atoms with Gasteiger partial charge in [0.2, 0.25) is 0 Å². The van der Waals surface area contributed by atoms with E-state index in [1.165, 1.54) is 51.4 Å². The van der Waals surface area contributed by atoms with Crippen molar-refractivity contribution >= 4 is 11.9 Å². The highest BCUT2D eigenvalue weighted by Gasteiger charge is 2.23. The molecule has 0 saturated heterocycles. The van der Waals surface area contributed by atoms with Crippen LogP contribution in [0.15, 0.2) is 24.3 Å². The van der Waals surface area contributed by atoms with E-state index < -0.39 is 6.04 Å². The number of ether oxygens (including phenoxy) is 1. The van der Waals surface area contributed by atoms with Gasteiger partial charge in [-0.05, 0) is 37.8 Å². The standard InChI is InChI=1S/C26H43NO3/c1-5-6-7-8-9-10-11-12-13-14-19-30-26(29)24(20-21(2)3)27-25(28)23-17-15-22(4)16-18-23/h15-18,21,24H,5-14,19-20H2,1-4H3,(H,27,28). The van der Waals surface area contributed by atoms with Crippen LogP contribution in [0.3, 0.4) is 0 Å². The largest absolute Gasteiger partial charge is 0.464 e. The molecule has 0 bridgehead atoms. The lowest BCUT2D eigenvalue weighted by atomic mass is 10.0. The third-order valence-electron chi connectivity index (χ3n) is 5.35. The number of carbonyl (C=O) groups is 2. The van der Waals surface area contributed by atoms with Crippen LogP contribution in [0.4, 0.5) is 0 Å². The van der Waals surface area contributed by atoms with Crippen LogP contribution in [-0.2, 0) is 9.53 Å². The van der Waals surface area contributed by atoms with Gasteiger partial charge in [0.15, 0.2) is 0 Å². The number of amides is 1. The van der Waals surface area contributed by atoms with Crippen molar-refractivity contribution in [3.05, 3.63) is 35.4 Å². The quantitative estimate of drug-likeness (QED) is 0.243. The Morgan fingerprint density at radius 3 is 1.93 bits per heavy atom. The normalized spacial score (nSPS) is 12.0. The molecule has 4 heteroatoms. The van der Waals surface area contributed by atoms with Crippen molar-refractivity contribution < 1.29 is 14.3 Å². The van der Waals surface area contributed by atoms with E-state index >= 15 is 0 Å². The third kappa shape index (κ3) is 12.0. The first-order valence-electron chi connectivity index (χ1n) is 12.0. The Labute approximate surface area is 184 Å². The van der Waals surface area contributed by atoms with Gasteiger partial charge in [-0.1, -0.05) is 96.3 Å². The van der Waals surface area contributed by atoms with E-state index in [1.54, 1.807) is 12.1 Å². The van der Waals surface area contributed by atoms with Crippen LogP contribution in [0.5, 0.6) is 0 Å². The smallest absolute Gasteiger partial charge is 0.328 e. The zero-order valence-corrected chi connectivity index (χ0v) is 19.7. The van der Waals surface area contributed by atoms with Crippen LogP contribution in [0, 0.1) is 12.8 Å². The fraction of sp³-hybridized carbons (Fsp3) is 0.692. The lowest BCUT2D eigenvalue weighted by Crippen LogP contribution is -2.42. The lowest BCUT2D eigenvalue weighted by Gasteiger charge is -2.19. The summed E-state index contributed by atoms with van der Waals surface area (Å²) in [5, 5.41) is 2.86. The second kappa shape index (κ2) is 15.9. The van der Waals surface area contributed by atoms with Gasteiger partial charge in [-0.2, -0.15) is 0 Å². The van der Waals surface area contributed by atoms with Crippen molar-refractivity contribution in [2.24, 2.45) is 5.92 Å². The molecule has 0 aliphatic heterocycles. The number of unbranched alkanes of at least 4 members (excludes halogenated alkanes) is 9. The third-order valence-corrected chi connectivity index (χ3v) is 5.35. The summed E-state index contributed by atoms with van der Waals surface area (Å²) in [5.41, 5.74) is 1.66. The van der Waals surface area contributed by atoms with Crippen LogP contribution < -0.4 is 5.32 Å². The second-order valence-electron chi connectivity index (χ2n) is 8.87. The van der Waals surface area contributed by atoms with Gasteiger partial charge in [0.25, 0.3) is 5.91 Å². The molecule has 1 unspecified atom stereocenters. The van der Waals surface area contributed by atoms with Crippen molar-refractivity contribution in [2.75, 3.05) is 6.61 Å². The van der Waals surface area contributed by atoms with Gasteiger partial charge in [0, 0.05) is 5.56 Å². The Morgan fingerprint density at radius 2 is 1.40 bits per heavy atom. The van der Waals surface area contributed by atoms with Crippen molar-refractivity contribution in [2.45, 2.75) is 104 Å². The highest BCUT2D eigenvalue weighted by molar-refractivity contribution is 5.96. The molecule has 170 valence electrons. The Morgan fingerprint density at radius 1 is 0.867 bits per heavy atom. The monoisotopic (exact) mass is 417 g/mol. The topological polar surface area (TPSA) is 55.4 Å². The van der Waals surface area contributed by atoms with Crippen LogP contribution >= 0.6 is 0 Å².